The van der Waals surface area contributed by atoms with Gasteiger partial charge in [0.1, 0.15) is 0 Å². The van der Waals surface area contributed by atoms with Crippen LogP contribution < -0.4 is 0 Å². The Morgan fingerprint density at radius 1 is 1.24 bits per heavy atom. The molecule has 2 N–H and O–H groups in total. The summed E-state index contributed by atoms with van der Waals surface area (Å²) in [5, 5.41) is 19.3. The standard InChI is InChI=1S/C24H22N2O2S/c1-2-21(19-11-12-29-15-19)24(18-8-9-22-20(13-18)14-25-26-22)17-6-3-16(4-7-17)5-10-23(27)28/h3-14,19H,2,15H2,1H3,(H,25,26)(H,27,28)/b10-5+,24-21+. The number of thioether (sulfide) groups is 1. The first-order chi connectivity index (χ1) is 14.2. The molecular weight excluding hydrogens is 380 g/mol. The second-order valence-electron chi connectivity index (χ2n) is 6.99. The van der Waals surface area contributed by atoms with Crippen molar-refractivity contribution in [3.8, 4) is 0 Å². The number of benzene rings is 2. The van der Waals surface area contributed by atoms with Crippen LogP contribution in [-0.4, -0.2) is 27.0 Å². The minimum atomic E-state index is -0.943. The number of H-pyrrole nitrogens is 1. The van der Waals surface area contributed by atoms with Crippen molar-refractivity contribution < 1.29 is 9.90 Å². The molecule has 0 saturated carbocycles. The first-order valence-corrected chi connectivity index (χ1v) is 10.7. The third-order valence-electron chi connectivity index (χ3n) is 5.18. The van der Waals surface area contributed by atoms with E-state index >= 15 is 0 Å². The van der Waals surface area contributed by atoms with Gasteiger partial charge in [0.2, 0.25) is 0 Å². The predicted molar refractivity (Wildman–Crippen MR) is 121 cm³/mol. The summed E-state index contributed by atoms with van der Waals surface area (Å²) in [5.74, 6) is 0.550. The first-order valence-electron chi connectivity index (χ1n) is 9.62. The fourth-order valence-electron chi connectivity index (χ4n) is 3.77. The molecule has 1 aromatic heterocycles. The Morgan fingerprint density at radius 2 is 2.03 bits per heavy atom. The summed E-state index contributed by atoms with van der Waals surface area (Å²) in [6.07, 6.45) is 7.90. The van der Waals surface area contributed by atoms with Gasteiger partial charge in [-0.05, 0) is 52.3 Å². The molecule has 1 aliphatic heterocycles. The van der Waals surface area contributed by atoms with E-state index < -0.39 is 5.97 Å². The van der Waals surface area contributed by atoms with E-state index in [0.717, 1.165) is 40.3 Å². The lowest BCUT2D eigenvalue weighted by Crippen LogP contribution is -2.05. The van der Waals surface area contributed by atoms with Crippen LogP contribution in [0.15, 0.2) is 71.8 Å². The van der Waals surface area contributed by atoms with Gasteiger partial charge in [0, 0.05) is 23.1 Å². The lowest BCUT2D eigenvalue weighted by atomic mass is 9.85. The Balaban J connectivity index is 1.83. The van der Waals surface area contributed by atoms with Crippen molar-refractivity contribution in [2.75, 3.05) is 5.75 Å². The molecule has 2 aromatic carbocycles. The van der Waals surface area contributed by atoms with Gasteiger partial charge < -0.3 is 5.11 Å². The average molecular weight is 403 g/mol. The van der Waals surface area contributed by atoms with Gasteiger partial charge in [-0.3, -0.25) is 5.10 Å². The quantitative estimate of drug-likeness (QED) is 0.515. The molecule has 0 radical (unpaired) electrons. The Kier molecular flexibility index (Phi) is 5.67. The zero-order chi connectivity index (χ0) is 20.2. The number of aromatic nitrogens is 2. The number of nitrogens with zero attached hydrogens (tertiary/aromatic N) is 1. The van der Waals surface area contributed by atoms with Crippen molar-refractivity contribution in [2.45, 2.75) is 13.3 Å². The molecule has 1 unspecified atom stereocenters. The van der Waals surface area contributed by atoms with E-state index in [1.807, 2.05) is 30.1 Å². The molecule has 1 aliphatic rings. The van der Waals surface area contributed by atoms with Crippen LogP contribution in [0.2, 0.25) is 0 Å². The molecule has 0 amide bonds. The number of fused-ring (bicyclic) bond motifs is 1. The number of nitrogens with one attached hydrogen (secondary N) is 1. The first kappa shape index (κ1) is 19.3. The molecule has 1 atom stereocenters. The Morgan fingerprint density at radius 3 is 2.72 bits per heavy atom. The second kappa shape index (κ2) is 8.53. The lowest BCUT2D eigenvalue weighted by molar-refractivity contribution is -0.131. The zero-order valence-corrected chi connectivity index (χ0v) is 16.9. The normalized spacial score (nSPS) is 17.2. The third kappa shape index (κ3) is 4.20. The topological polar surface area (TPSA) is 66.0 Å². The van der Waals surface area contributed by atoms with Crippen LogP contribution in [0.5, 0.6) is 0 Å². The van der Waals surface area contributed by atoms with Crippen molar-refractivity contribution in [1.82, 2.24) is 10.2 Å². The van der Waals surface area contributed by atoms with Crippen molar-refractivity contribution in [3.05, 3.63) is 88.5 Å². The van der Waals surface area contributed by atoms with Crippen molar-refractivity contribution in [1.29, 1.82) is 0 Å². The molecule has 146 valence electrons. The van der Waals surface area contributed by atoms with Gasteiger partial charge in [0.15, 0.2) is 0 Å². The maximum absolute atomic E-state index is 10.8. The summed E-state index contributed by atoms with van der Waals surface area (Å²) in [5.41, 5.74) is 6.88. The number of rotatable bonds is 6. The number of carboxylic acid groups (broad SMARTS) is 1. The summed E-state index contributed by atoms with van der Waals surface area (Å²) in [4.78, 5) is 10.8. The number of aliphatic carboxylic acids is 1. The molecule has 4 rings (SSSR count). The van der Waals surface area contributed by atoms with Crippen molar-refractivity contribution in [2.24, 2.45) is 5.92 Å². The molecule has 0 fully saturated rings. The van der Waals surface area contributed by atoms with Gasteiger partial charge in [-0.15, -0.1) is 11.8 Å². The lowest BCUT2D eigenvalue weighted by Gasteiger charge is -2.20. The van der Waals surface area contributed by atoms with E-state index in [-0.39, 0.29) is 0 Å². The summed E-state index contributed by atoms with van der Waals surface area (Å²) in [7, 11) is 0. The molecule has 0 spiro atoms. The van der Waals surface area contributed by atoms with Crippen LogP contribution in [0, 0.1) is 5.92 Å². The fraction of sp³-hybridized carbons (Fsp3) is 0.167. The van der Waals surface area contributed by atoms with Crippen LogP contribution in [0.25, 0.3) is 22.6 Å². The maximum Gasteiger partial charge on any atom is 0.328 e. The third-order valence-corrected chi connectivity index (χ3v) is 6.08. The summed E-state index contributed by atoms with van der Waals surface area (Å²) in [6, 6.07) is 14.5. The molecule has 3 aromatic rings. The minimum Gasteiger partial charge on any atom is -0.478 e. The van der Waals surface area contributed by atoms with Gasteiger partial charge in [-0.1, -0.05) is 48.9 Å². The largest absolute Gasteiger partial charge is 0.478 e. The highest BCUT2D eigenvalue weighted by Gasteiger charge is 2.20. The van der Waals surface area contributed by atoms with Gasteiger partial charge >= 0.3 is 5.97 Å². The van der Waals surface area contributed by atoms with Crippen LogP contribution >= 0.6 is 11.8 Å². The second-order valence-corrected chi connectivity index (χ2v) is 7.93. The minimum absolute atomic E-state index is 0.423. The summed E-state index contributed by atoms with van der Waals surface area (Å²) in [6.45, 7) is 2.21. The van der Waals surface area contributed by atoms with E-state index in [2.05, 4.69) is 58.9 Å². The summed E-state index contributed by atoms with van der Waals surface area (Å²) >= 11 is 1.85. The number of allylic oxidation sites excluding steroid dienone is 2. The van der Waals surface area contributed by atoms with Crippen LogP contribution in [-0.2, 0) is 4.79 Å². The molecule has 0 aliphatic carbocycles. The Hall–Kier alpha value is -3.05. The van der Waals surface area contributed by atoms with Crippen molar-refractivity contribution in [3.63, 3.8) is 0 Å². The fourth-order valence-corrected chi connectivity index (χ4v) is 4.70. The molecule has 5 heteroatoms. The Bertz CT molecular complexity index is 1120. The van der Waals surface area contributed by atoms with Gasteiger partial charge in [-0.25, -0.2) is 4.79 Å². The molecule has 0 saturated heterocycles. The number of hydrogen-bond acceptors (Lipinski definition) is 3. The smallest absolute Gasteiger partial charge is 0.328 e. The van der Waals surface area contributed by atoms with E-state index in [1.165, 1.54) is 16.7 Å². The monoisotopic (exact) mass is 402 g/mol. The number of hydrogen-bond donors (Lipinski definition) is 2. The highest BCUT2D eigenvalue weighted by atomic mass is 32.2. The van der Waals surface area contributed by atoms with Crippen LogP contribution in [0.4, 0.5) is 0 Å². The van der Waals surface area contributed by atoms with E-state index in [9.17, 15) is 4.79 Å². The van der Waals surface area contributed by atoms with E-state index in [4.69, 9.17) is 5.11 Å². The van der Waals surface area contributed by atoms with Crippen molar-refractivity contribution >= 4 is 40.3 Å². The molecule has 29 heavy (non-hydrogen) atoms. The molecule has 2 heterocycles. The van der Waals surface area contributed by atoms with Gasteiger partial charge in [0.05, 0.1) is 11.7 Å². The van der Waals surface area contributed by atoms with E-state index in [1.54, 1.807) is 6.08 Å². The maximum atomic E-state index is 10.8. The molecular formula is C24H22N2O2S. The Labute approximate surface area is 174 Å². The molecule has 4 nitrogen and oxygen atoms in total. The number of carbonyl (C=O) groups is 1. The van der Waals surface area contributed by atoms with E-state index in [0.29, 0.717) is 5.92 Å². The van der Waals surface area contributed by atoms with Gasteiger partial charge in [0.25, 0.3) is 0 Å². The average Bonchev–Trinajstić information content (AvgIpc) is 3.42. The molecule has 0 bridgehead atoms. The summed E-state index contributed by atoms with van der Waals surface area (Å²) < 4.78 is 0. The number of aromatic amines is 1. The SMILES string of the molecule is CC/C(=C(/c1ccc(/C=C/C(=O)O)cc1)c1ccc2[nH]ncc2c1)C1C=CSC1. The highest BCUT2D eigenvalue weighted by molar-refractivity contribution is 8.02. The number of carboxylic acids is 1. The highest BCUT2D eigenvalue weighted by Crippen LogP contribution is 2.37. The predicted octanol–water partition coefficient (Wildman–Crippen LogP) is 5.75. The van der Waals surface area contributed by atoms with Gasteiger partial charge in [-0.2, -0.15) is 5.10 Å². The van der Waals surface area contributed by atoms with Crippen LogP contribution in [0.3, 0.4) is 0 Å². The van der Waals surface area contributed by atoms with Crippen LogP contribution in [0.1, 0.15) is 30.0 Å². The zero-order valence-electron chi connectivity index (χ0n) is 16.1.